The Morgan fingerprint density at radius 2 is 2.19 bits per heavy atom. The van der Waals surface area contributed by atoms with Crippen LogP contribution in [0.2, 0.25) is 5.02 Å². The number of anilines is 1. The van der Waals surface area contributed by atoms with Crippen molar-refractivity contribution in [1.82, 2.24) is 18.9 Å². The van der Waals surface area contributed by atoms with Crippen LogP contribution in [0.4, 0.5) is 10.2 Å². The number of rotatable bonds is 4. The van der Waals surface area contributed by atoms with E-state index in [4.69, 9.17) is 17.3 Å². The third-order valence-corrected chi connectivity index (χ3v) is 5.47. The summed E-state index contributed by atoms with van der Waals surface area (Å²) in [5, 5.41) is 4.39. The largest absolute Gasteiger partial charge is 0.367 e. The minimum Gasteiger partial charge on any atom is -0.367 e. The second-order valence-corrected chi connectivity index (χ2v) is 7.84. The lowest BCUT2D eigenvalue weighted by Crippen LogP contribution is -2.31. The predicted octanol–water partition coefficient (Wildman–Crippen LogP) is 3.91. The molecule has 3 aromatic heterocycles. The number of hydrogen-bond acceptors (Lipinski definition) is 6. The molecule has 4 rings (SSSR count). The first-order valence-corrected chi connectivity index (χ1v) is 9.67. The molecule has 3 heterocycles. The van der Waals surface area contributed by atoms with Crippen molar-refractivity contribution in [2.75, 3.05) is 11.9 Å². The van der Waals surface area contributed by atoms with Crippen LogP contribution in [0, 0.1) is 11.7 Å². The topological polar surface area (TPSA) is 81.6 Å². The lowest BCUT2D eigenvalue weighted by atomic mass is 9.86. The van der Waals surface area contributed by atoms with Crippen LogP contribution in [0.15, 0.2) is 24.7 Å². The van der Waals surface area contributed by atoms with Gasteiger partial charge in [-0.15, -0.1) is 0 Å². The van der Waals surface area contributed by atoms with Crippen molar-refractivity contribution < 1.29 is 4.39 Å². The zero-order chi connectivity index (χ0) is 19.0. The molecule has 6 nitrogen and oxygen atoms in total. The van der Waals surface area contributed by atoms with Gasteiger partial charge < -0.3 is 11.1 Å². The van der Waals surface area contributed by atoms with Gasteiger partial charge in [0.1, 0.15) is 0 Å². The molecule has 3 aromatic rings. The maximum Gasteiger partial charge on any atom is 0.183 e. The number of aromatic nitrogens is 4. The smallest absolute Gasteiger partial charge is 0.183 e. The Labute approximate surface area is 166 Å². The lowest BCUT2D eigenvalue weighted by Gasteiger charge is -2.26. The van der Waals surface area contributed by atoms with Crippen molar-refractivity contribution in [1.29, 1.82) is 0 Å². The van der Waals surface area contributed by atoms with Gasteiger partial charge in [0.15, 0.2) is 23.1 Å². The number of nitrogens with two attached hydrogens (primary N) is 1. The first-order valence-electron chi connectivity index (χ1n) is 8.89. The van der Waals surface area contributed by atoms with Crippen molar-refractivity contribution in [2.45, 2.75) is 31.7 Å². The van der Waals surface area contributed by atoms with Gasteiger partial charge in [0.25, 0.3) is 0 Å². The highest BCUT2D eigenvalue weighted by molar-refractivity contribution is 7.78. The lowest BCUT2D eigenvalue weighted by molar-refractivity contribution is 0.334. The van der Waals surface area contributed by atoms with E-state index in [9.17, 15) is 4.39 Å². The van der Waals surface area contributed by atoms with E-state index in [1.165, 1.54) is 6.20 Å². The third kappa shape index (κ3) is 3.88. The average Bonchev–Trinajstić information content (AvgIpc) is 2.97. The molecule has 2 atom stereocenters. The second-order valence-electron chi connectivity index (χ2n) is 6.98. The quantitative estimate of drug-likeness (QED) is 0.572. The van der Waals surface area contributed by atoms with Crippen LogP contribution in [-0.2, 0) is 0 Å². The highest BCUT2D eigenvalue weighted by atomic mass is 35.5. The maximum absolute atomic E-state index is 14.2. The summed E-state index contributed by atoms with van der Waals surface area (Å²) in [7, 11) is 0. The second kappa shape index (κ2) is 7.61. The number of thiol groups is 1. The number of pyridine rings is 1. The summed E-state index contributed by atoms with van der Waals surface area (Å²) in [4.78, 5) is 12.8. The molecule has 1 aliphatic carbocycles. The Morgan fingerprint density at radius 3 is 3.00 bits per heavy atom. The molecule has 0 aliphatic heterocycles. The molecular formula is C18H20ClFN6S. The van der Waals surface area contributed by atoms with Crippen LogP contribution in [-0.4, -0.2) is 31.5 Å². The zero-order valence-corrected chi connectivity index (χ0v) is 16.2. The molecular weight excluding hydrogens is 387 g/mol. The molecule has 2 unspecified atom stereocenters. The van der Waals surface area contributed by atoms with Crippen molar-refractivity contribution in [3.05, 3.63) is 35.5 Å². The summed E-state index contributed by atoms with van der Waals surface area (Å²) >= 11 is 10.4. The molecule has 9 heteroatoms. The van der Waals surface area contributed by atoms with Gasteiger partial charge in [0.2, 0.25) is 0 Å². The van der Waals surface area contributed by atoms with Gasteiger partial charge in [-0.2, -0.15) is 0 Å². The fourth-order valence-corrected chi connectivity index (χ4v) is 4.06. The van der Waals surface area contributed by atoms with E-state index >= 15 is 0 Å². The fourth-order valence-electron chi connectivity index (χ4n) is 3.62. The van der Waals surface area contributed by atoms with Gasteiger partial charge in [-0.3, -0.25) is 3.97 Å². The molecule has 0 spiro atoms. The number of fused-ring (bicyclic) bond motifs is 1. The first kappa shape index (κ1) is 18.5. The Morgan fingerprint density at radius 1 is 1.33 bits per heavy atom. The minimum absolute atomic E-state index is 0.189. The number of halogens is 2. The van der Waals surface area contributed by atoms with E-state index in [-0.39, 0.29) is 11.9 Å². The molecule has 3 N–H and O–H groups in total. The van der Waals surface area contributed by atoms with Crippen molar-refractivity contribution >= 4 is 41.3 Å². The average molecular weight is 407 g/mol. The molecule has 1 saturated carbocycles. The molecule has 0 saturated heterocycles. The first-order chi connectivity index (χ1) is 13.0. The van der Waals surface area contributed by atoms with Gasteiger partial charge in [-0.1, -0.05) is 30.8 Å². The molecule has 27 heavy (non-hydrogen) atoms. The van der Waals surface area contributed by atoms with E-state index in [0.29, 0.717) is 34.5 Å². The Bertz CT molecular complexity index is 978. The minimum atomic E-state index is -0.482. The van der Waals surface area contributed by atoms with Crippen LogP contribution in [0.5, 0.6) is 0 Å². The Balaban J connectivity index is 1.62. The SMILES string of the molecule is NC1CCCC(CNc2nc(-c3cn(S)c4ncc(Cl)cc34)ncc2F)C1. The molecule has 0 bridgehead atoms. The van der Waals surface area contributed by atoms with E-state index in [2.05, 4.69) is 33.1 Å². The molecule has 1 aliphatic rings. The highest BCUT2D eigenvalue weighted by Crippen LogP contribution is 2.31. The van der Waals surface area contributed by atoms with Crippen LogP contribution >= 0.6 is 24.4 Å². The number of hydrogen-bond donors (Lipinski definition) is 3. The van der Waals surface area contributed by atoms with Gasteiger partial charge in [-0.25, -0.2) is 19.3 Å². The van der Waals surface area contributed by atoms with Gasteiger partial charge in [0.05, 0.1) is 11.2 Å². The highest BCUT2D eigenvalue weighted by Gasteiger charge is 2.20. The Hall–Kier alpha value is -1.90. The van der Waals surface area contributed by atoms with Crippen molar-refractivity contribution in [2.24, 2.45) is 11.7 Å². The molecule has 0 radical (unpaired) electrons. The summed E-state index contributed by atoms with van der Waals surface area (Å²) in [5.41, 5.74) is 7.37. The zero-order valence-electron chi connectivity index (χ0n) is 14.6. The normalized spacial score (nSPS) is 20.1. The summed E-state index contributed by atoms with van der Waals surface area (Å²) in [5.74, 6) is 0.522. The van der Waals surface area contributed by atoms with Gasteiger partial charge in [-0.05, 0) is 31.2 Å². The van der Waals surface area contributed by atoms with Gasteiger partial charge in [0, 0.05) is 35.9 Å². The standard InChI is InChI=1S/C18H20ClFN6S/c19-11-5-13-14(9-26(27)18(13)24-7-11)16-23-8-15(20)17(25-16)22-6-10-2-1-3-12(21)4-10/h5,7-10,12,27H,1-4,6,21H2,(H,22,23,25). The van der Waals surface area contributed by atoms with Gasteiger partial charge >= 0.3 is 0 Å². The summed E-state index contributed by atoms with van der Waals surface area (Å²) in [6, 6.07) is 2.00. The monoisotopic (exact) mass is 406 g/mol. The van der Waals surface area contributed by atoms with Crippen molar-refractivity contribution in [3.8, 4) is 11.4 Å². The summed E-state index contributed by atoms with van der Waals surface area (Å²) in [6.45, 7) is 0.642. The summed E-state index contributed by atoms with van der Waals surface area (Å²) < 4.78 is 15.8. The molecule has 0 aromatic carbocycles. The van der Waals surface area contributed by atoms with Crippen LogP contribution in [0.1, 0.15) is 25.7 Å². The van der Waals surface area contributed by atoms with Crippen LogP contribution in [0.25, 0.3) is 22.4 Å². The fraction of sp³-hybridized carbons (Fsp3) is 0.389. The van der Waals surface area contributed by atoms with E-state index in [1.54, 1.807) is 22.4 Å². The van der Waals surface area contributed by atoms with E-state index in [0.717, 1.165) is 31.1 Å². The van der Waals surface area contributed by atoms with E-state index < -0.39 is 5.82 Å². The van der Waals surface area contributed by atoms with Crippen LogP contribution < -0.4 is 11.1 Å². The Kier molecular flexibility index (Phi) is 5.21. The van der Waals surface area contributed by atoms with Crippen LogP contribution in [0.3, 0.4) is 0 Å². The maximum atomic E-state index is 14.2. The summed E-state index contributed by atoms with van der Waals surface area (Å²) in [6.07, 6.45) is 8.69. The van der Waals surface area contributed by atoms with E-state index in [1.807, 2.05) is 0 Å². The predicted molar refractivity (Wildman–Crippen MR) is 109 cm³/mol. The number of nitrogens with zero attached hydrogens (tertiary/aromatic N) is 4. The molecule has 1 fully saturated rings. The third-order valence-electron chi connectivity index (χ3n) is 4.96. The molecule has 142 valence electrons. The molecule has 0 amide bonds. The van der Waals surface area contributed by atoms with Crippen molar-refractivity contribution in [3.63, 3.8) is 0 Å². The number of nitrogens with one attached hydrogen (secondary N) is 1.